The van der Waals surface area contributed by atoms with Crippen molar-refractivity contribution in [3.8, 4) is 5.75 Å². The first kappa shape index (κ1) is 20.5. The number of benzene rings is 3. The maximum atomic E-state index is 13.0. The van der Waals surface area contributed by atoms with Crippen molar-refractivity contribution >= 4 is 44.8 Å². The Hall–Kier alpha value is -2.76. The molecule has 152 valence electrons. The van der Waals surface area contributed by atoms with Crippen LogP contribution in [0.25, 0.3) is 5.57 Å². The first-order chi connectivity index (χ1) is 14.4. The van der Waals surface area contributed by atoms with Crippen molar-refractivity contribution in [2.75, 3.05) is 18.6 Å². The van der Waals surface area contributed by atoms with E-state index in [-0.39, 0.29) is 6.61 Å². The third kappa shape index (κ3) is 3.71. The Morgan fingerprint density at radius 2 is 1.83 bits per heavy atom. The number of nitrogens with zero attached hydrogens (tertiary/aromatic N) is 1. The standard InChI is InChI=1S/C24H19BrClNO3/c1-16-21-8-3-4-9-22(21)27(2)24(16,15-29-20-12-10-18(25)11-13-20)30-23(28)17-6-5-7-19(26)14-17/h3-14H,1,15H2,2H3. The van der Waals surface area contributed by atoms with E-state index in [0.29, 0.717) is 21.9 Å². The van der Waals surface area contributed by atoms with E-state index < -0.39 is 11.7 Å². The van der Waals surface area contributed by atoms with Gasteiger partial charge in [-0.1, -0.05) is 58.4 Å². The fourth-order valence-corrected chi connectivity index (χ4v) is 3.97. The molecule has 1 aliphatic heterocycles. The number of anilines is 1. The molecule has 0 spiro atoms. The van der Waals surface area contributed by atoms with Gasteiger partial charge < -0.3 is 14.4 Å². The second kappa shape index (κ2) is 8.17. The topological polar surface area (TPSA) is 38.8 Å². The van der Waals surface area contributed by atoms with E-state index in [1.54, 1.807) is 24.3 Å². The molecule has 3 aromatic rings. The number of rotatable bonds is 5. The molecule has 0 N–H and O–H groups in total. The molecule has 30 heavy (non-hydrogen) atoms. The Labute approximate surface area is 188 Å². The van der Waals surface area contributed by atoms with E-state index in [1.807, 2.05) is 60.5 Å². The van der Waals surface area contributed by atoms with E-state index in [1.165, 1.54) is 0 Å². The van der Waals surface area contributed by atoms with Crippen LogP contribution < -0.4 is 9.64 Å². The van der Waals surface area contributed by atoms with Crippen LogP contribution in [0.3, 0.4) is 0 Å². The van der Waals surface area contributed by atoms with Gasteiger partial charge in [0.1, 0.15) is 5.75 Å². The van der Waals surface area contributed by atoms with Crippen molar-refractivity contribution in [1.29, 1.82) is 0 Å². The first-order valence-electron chi connectivity index (χ1n) is 9.30. The average Bonchev–Trinajstić information content (AvgIpc) is 2.96. The summed E-state index contributed by atoms with van der Waals surface area (Å²) in [6.07, 6.45) is 0. The second-order valence-electron chi connectivity index (χ2n) is 6.98. The van der Waals surface area contributed by atoms with Gasteiger partial charge in [-0.15, -0.1) is 0 Å². The highest BCUT2D eigenvalue weighted by molar-refractivity contribution is 9.10. The lowest BCUT2D eigenvalue weighted by molar-refractivity contribution is -0.00786. The summed E-state index contributed by atoms with van der Waals surface area (Å²) in [4.78, 5) is 14.9. The van der Waals surface area contributed by atoms with Gasteiger partial charge in [-0.25, -0.2) is 4.79 Å². The molecule has 3 aromatic carbocycles. The fraction of sp³-hybridized carbons (Fsp3) is 0.125. The van der Waals surface area contributed by atoms with Gasteiger partial charge >= 0.3 is 5.97 Å². The van der Waals surface area contributed by atoms with Crippen molar-refractivity contribution in [1.82, 2.24) is 0 Å². The van der Waals surface area contributed by atoms with Crippen LogP contribution in [0.2, 0.25) is 5.02 Å². The predicted octanol–water partition coefficient (Wildman–Crippen LogP) is 6.20. The molecular weight excluding hydrogens is 466 g/mol. The predicted molar refractivity (Wildman–Crippen MR) is 123 cm³/mol. The number of carbonyl (C=O) groups is 1. The molecule has 0 fully saturated rings. The molecule has 1 aliphatic rings. The van der Waals surface area contributed by atoms with Gasteiger partial charge in [-0.05, 0) is 48.5 Å². The van der Waals surface area contributed by atoms with Gasteiger partial charge in [0.25, 0.3) is 0 Å². The van der Waals surface area contributed by atoms with Crippen LogP contribution in [-0.2, 0) is 4.74 Å². The highest BCUT2D eigenvalue weighted by Crippen LogP contribution is 2.46. The third-order valence-electron chi connectivity index (χ3n) is 5.17. The van der Waals surface area contributed by atoms with E-state index in [9.17, 15) is 4.79 Å². The average molecular weight is 485 g/mol. The maximum absolute atomic E-state index is 13.0. The highest BCUT2D eigenvalue weighted by atomic mass is 79.9. The summed E-state index contributed by atoms with van der Waals surface area (Å²) in [5.74, 6) is 0.159. The van der Waals surface area contributed by atoms with E-state index in [2.05, 4.69) is 22.5 Å². The van der Waals surface area contributed by atoms with E-state index in [4.69, 9.17) is 21.1 Å². The monoisotopic (exact) mass is 483 g/mol. The van der Waals surface area contributed by atoms with Crippen LogP contribution in [0.15, 0.2) is 83.8 Å². The maximum Gasteiger partial charge on any atom is 0.340 e. The smallest absolute Gasteiger partial charge is 0.340 e. The molecule has 1 unspecified atom stereocenters. The Bertz CT molecular complexity index is 1120. The van der Waals surface area contributed by atoms with Crippen molar-refractivity contribution in [2.24, 2.45) is 0 Å². The van der Waals surface area contributed by atoms with Gasteiger partial charge in [-0.2, -0.15) is 0 Å². The number of para-hydroxylation sites is 1. The van der Waals surface area contributed by atoms with Gasteiger partial charge in [0.05, 0.1) is 5.56 Å². The van der Waals surface area contributed by atoms with E-state index >= 15 is 0 Å². The van der Waals surface area contributed by atoms with Crippen LogP contribution in [0.4, 0.5) is 5.69 Å². The minimum Gasteiger partial charge on any atom is -0.487 e. The lowest BCUT2D eigenvalue weighted by Gasteiger charge is -2.37. The van der Waals surface area contributed by atoms with Crippen LogP contribution in [0.5, 0.6) is 5.75 Å². The summed E-state index contributed by atoms with van der Waals surface area (Å²) in [7, 11) is 1.87. The fourth-order valence-electron chi connectivity index (χ4n) is 3.51. The van der Waals surface area contributed by atoms with Gasteiger partial charge in [-0.3, -0.25) is 0 Å². The number of carbonyl (C=O) groups excluding carboxylic acids is 1. The summed E-state index contributed by atoms with van der Waals surface area (Å²) in [5.41, 5.74) is 1.66. The summed E-state index contributed by atoms with van der Waals surface area (Å²) in [5, 5.41) is 0.464. The van der Waals surface area contributed by atoms with Crippen molar-refractivity contribution < 1.29 is 14.3 Å². The molecule has 1 atom stereocenters. The zero-order chi connectivity index (χ0) is 21.3. The third-order valence-corrected chi connectivity index (χ3v) is 5.94. The molecule has 0 amide bonds. The molecule has 4 rings (SSSR count). The van der Waals surface area contributed by atoms with Gasteiger partial charge in [0.2, 0.25) is 5.72 Å². The zero-order valence-electron chi connectivity index (χ0n) is 16.3. The van der Waals surface area contributed by atoms with Crippen LogP contribution in [0.1, 0.15) is 15.9 Å². The second-order valence-corrected chi connectivity index (χ2v) is 8.33. The molecule has 0 radical (unpaired) electrons. The first-order valence-corrected chi connectivity index (χ1v) is 10.5. The lowest BCUT2D eigenvalue weighted by Crippen LogP contribution is -2.52. The number of esters is 1. The SMILES string of the molecule is C=C1c2ccccc2N(C)C1(COc1ccc(Br)cc1)OC(=O)c1cccc(Cl)c1. The molecule has 1 heterocycles. The molecule has 6 heteroatoms. The lowest BCUT2D eigenvalue weighted by atomic mass is 10.0. The van der Waals surface area contributed by atoms with Crippen LogP contribution >= 0.6 is 27.5 Å². The molecule has 4 nitrogen and oxygen atoms in total. The number of likely N-dealkylation sites (N-methyl/N-ethyl adjacent to an activating group) is 1. The minimum atomic E-state index is -1.20. The van der Waals surface area contributed by atoms with Crippen molar-refractivity contribution in [3.63, 3.8) is 0 Å². The summed E-state index contributed by atoms with van der Waals surface area (Å²) >= 11 is 9.48. The molecule has 0 aromatic heterocycles. The highest BCUT2D eigenvalue weighted by Gasteiger charge is 2.49. The quantitative estimate of drug-likeness (QED) is 0.404. The number of hydrogen-bond donors (Lipinski definition) is 0. The molecule has 0 saturated heterocycles. The summed E-state index contributed by atoms with van der Waals surface area (Å²) in [6.45, 7) is 4.33. The molecule has 0 saturated carbocycles. The normalized spacial score (nSPS) is 17.6. The van der Waals surface area contributed by atoms with E-state index in [0.717, 1.165) is 15.7 Å². The molecule has 0 bridgehead atoms. The zero-order valence-corrected chi connectivity index (χ0v) is 18.6. The number of halogens is 2. The summed E-state index contributed by atoms with van der Waals surface area (Å²) in [6, 6.07) is 22.0. The molecular formula is C24H19BrClNO3. The Morgan fingerprint density at radius 1 is 1.10 bits per heavy atom. The van der Waals surface area contributed by atoms with Crippen molar-refractivity contribution in [2.45, 2.75) is 5.72 Å². The Kier molecular flexibility index (Phi) is 5.58. The van der Waals surface area contributed by atoms with Crippen LogP contribution in [0, 0.1) is 0 Å². The Morgan fingerprint density at radius 3 is 2.53 bits per heavy atom. The van der Waals surface area contributed by atoms with Gasteiger partial charge in [0.15, 0.2) is 6.61 Å². The number of hydrogen-bond acceptors (Lipinski definition) is 4. The number of ether oxygens (including phenoxy) is 2. The molecule has 0 aliphatic carbocycles. The largest absolute Gasteiger partial charge is 0.487 e. The van der Waals surface area contributed by atoms with Crippen molar-refractivity contribution in [3.05, 3.63) is 100.0 Å². The Balaban J connectivity index is 1.69. The minimum absolute atomic E-state index is 0.0744. The van der Waals surface area contributed by atoms with Gasteiger partial charge in [0, 0.05) is 33.4 Å². The summed E-state index contributed by atoms with van der Waals surface area (Å²) < 4.78 is 13.1. The number of fused-ring (bicyclic) bond motifs is 1. The van der Waals surface area contributed by atoms with Crippen LogP contribution in [-0.4, -0.2) is 25.3 Å².